The van der Waals surface area contributed by atoms with Crippen molar-refractivity contribution < 1.29 is 28.6 Å². The molecule has 29 heavy (non-hydrogen) atoms. The average Bonchev–Trinajstić information content (AvgIpc) is 3.24. The van der Waals surface area contributed by atoms with Gasteiger partial charge in [-0.2, -0.15) is 0 Å². The van der Waals surface area contributed by atoms with Gasteiger partial charge in [0.1, 0.15) is 29.0 Å². The highest BCUT2D eigenvalue weighted by atomic mass is 16.6. The van der Waals surface area contributed by atoms with E-state index in [1.165, 1.54) is 6.92 Å². The lowest BCUT2D eigenvalue weighted by Crippen LogP contribution is -2.77. The van der Waals surface area contributed by atoms with Crippen LogP contribution in [0.2, 0.25) is 0 Å². The molecule has 1 aromatic rings. The van der Waals surface area contributed by atoms with Crippen LogP contribution in [0.15, 0.2) is 16.7 Å². The van der Waals surface area contributed by atoms with Crippen molar-refractivity contribution >= 4 is 17.5 Å². The van der Waals surface area contributed by atoms with Crippen molar-refractivity contribution in [2.75, 3.05) is 0 Å². The van der Waals surface area contributed by atoms with Gasteiger partial charge in [0.05, 0.1) is 11.7 Å². The van der Waals surface area contributed by atoms with Crippen LogP contribution in [-0.2, 0) is 25.5 Å². The Hall–Kier alpha value is -1.95. The van der Waals surface area contributed by atoms with Crippen LogP contribution in [0.5, 0.6) is 0 Å². The first-order chi connectivity index (χ1) is 13.5. The van der Waals surface area contributed by atoms with Crippen molar-refractivity contribution in [3.8, 4) is 0 Å². The monoisotopic (exact) mass is 400 g/mol. The third-order valence-electron chi connectivity index (χ3n) is 8.86. The van der Waals surface area contributed by atoms with Gasteiger partial charge in [-0.1, -0.05) is 13.8 Å². The van der Waals surface area contributed by atoms with E-state index < -0.39 is 28.5 Å². The maximum absolute atomic E-state index is 13.5. The van der Waals surface area contributed by atoms with Crippen LogP contribution in [-0.4, -0.2) is 34.3 Å². The lowest BCUT2D eigenvalue weighted by molar-refractivity contribution is -0.288. The van der Waals surface area contributed by atoms with E-state index in [9.17, 15) is 19.5 Å². The van der Waals surface area contributed by atoms with Gasteiger partial charge < -0.3 is 14.3 Å². The number of fused-ring (bicyclic) bond motifs is 4. The molecule has 7 atom stereocenters. The molecule has 6 nitrogen and oxygen atoms in total. The molecule has 4 aliphatic carbocycles. The van der Waals surface area contributed by atoms with Gasteiger partial charge in [0.15, 0.2) is 0 Å². The summed E-state index contributed by atoms with van der Waals surface area (Å²) in [6.45, 7) is 7.06. The van der Waals surface area contributed by atoms with Crippen molar-refractivity contribution in [2.45, 2.75) is 71.0 Å². The molecule has 3 fully saturated rings. The van der Waals surface area contributed by atoms with Crippen LogP contribution < -0.4 is 0 Å². The summed E-state index contributed by atoms with van der Waals surface area (Å²) in [5.41, 5.74) is -2.42. The van der Waals surface area contributed by atoms with E-state index in [0.717, 1.165) is 11.3 Å². The molecule has 4 aliphatic rings. The molecule has 0 bridgehead atoms. The molecular formula is C23H28O6. The van der Waals surface area contributed by atoms with Gasteiger partial charge in [-0.05, 0) is 36.7 Å². The number of ketones is 2. The maximum atomic E-state index is 13.5. The Bertz CT molecular complexity index is 928. The van der Waals surface area contributed by atoms with Crippen molar-refractivity contribution in [3.05, 3.63) is 23.7 Å². The Balaban J connectivity index is 1.78. The average molecular weight is 400 g/mol. The van der Waals surface area contributed by atoms with Gasteiger partial charge in [0, 0.05) is 43.6 Å². The summed E-state index contributed by atoms with van der Waals surface area (Å²) >= 11 is 0. The van der Waals surface area contributed by atoms with Gasteiger partial charge in [-0.25, -0.2) is 0 Å². The summed E-state index contributed by atoms with van der Waals surface area (Å²) in [6.07, 6.45) is 2.37. The molecule has 0 unspecified atom stereocenters. The second kappa shape index (κ2) is 5.60. The number of esters is 1. The standard InChI is InChI=1S/C23H28O6/c1-11(24)29-20-13-9-15(25)19-12-6-8-28-16(12)10-14(18(13)19)22(4)17(26)5-7-21(2,3)23(20,22)27/h6,8,13-14,18-20,27H,5,7,9-10H2,1-4H3/t13-,14+,18-,19+,20+,22+,23-/m1/s1. The van der Waals surface area contributed by atoms with Crippen LogP contribution in [0, 0.1) is 28.6 Å². The fraction of sp³-hybridized carbons (Fsp3) is 0.696. The number of furan rings is 1. The number of hydrogen-bond acceptors (Lipinski definition) is 6. The van der Waals surface area contributed by atoms with Crippen molar-refractivity contribution in [2.24, 2.45) is 28.6 Å². The van der Waals surface area contributed by atoms with E-state index in [4.69, 9.17) is 9.15 Å². The third kappa shape index (κ3) is 2.03. The molecule has 0 saturated heterocycles. The highest BCUT2D eigenvalue weighted by Crippen LogP contribution is 2.70. The minimum absolute atomic E-state index is 0.00645. The number of carbonyl (C=O) groups is 3. The van der Waals surface area contributed by atoms with Crippen LogP contribution in [0.3, 0.4) is 0 Å². The zero-order valence-corrected chi connectivity index (χ0v) is 17.4. The van der Waals surface area contributed by atoms with Gasteiger partial charge >= 0.3 is 5.97 Å². The molecule has 1 N–H and O–H groups in total. The summed E-state index contributed by atoms with van der Waals surface area (Å²) in [7, 11) is 0. The van der Waals surface area contributed by atoms with E-state index in [1.54, 1.807) is 6.26 Å². The summed E-state index contributed by atoms with van der Waals surface area (Å²) in [6, 6.07) is 1.85. The topological polar surface area (TPSA) is 93.8 Å². The molecule has 0 radical (unpaired) electrons. The summed E-state index contributed by atoms with van der Waals surface area (Å²) in [5, 5.41) is 12.4. The summed E-state index contributed by atoms with van der Waals surface area (Å²) in [4.78, 5) is 38.7. The number of carbonyl (C=O) groups excluding carboxylic acids is 3. The normalized spacial score (nSPS) is 44.7. The molecule has 0 aromatic carbocycles. The molecule has 3 saturated carbocycles. The molecule has 6 heteroatoms. The molecule has 1 aromatic heterocycles. The predicted octanol–water partition coefficient (Wildman–Crippen LogP) is 2.81. The quantitative estimate of drug-likeness (QED) is 0.729. The molecule has 0 spiro atoms. The first kappa shape index (κ1) is 19.0. The lowest BCUT2D eigenvalue weighted by Gasteiger charge is -2.67. The van der Waals surface area contributed by atoms with E-state index in [1.807, 2.05) is 26.8 Å². The van der Waals surface area contributed by atoms with E-state index >= 15 is 0 Å². The van der Waals surface area contributed by atoms with E-state index in [2.05, 4.69) is 0 Å². The second-order valence-corrected chi connectivity index (χ2v) is 10.3. The maximum Gasteiger partial charge on any atom is 0.303 e. The Morgan fingerprint density at radius 2 is 1.97 bits per heavy atom. The smallest absolute Gasteiger partial charge is 0.303 e. The van der Waals surface area contributed by atoms with Crippen LogP contribution in [0.1, 0.15) is 64.2 Å². The van der Waals surface area contributed by atoms with Gasteiger partial charge in [-0.3, -0.25) is 14.4 Å². The lowest BCUT2D eigenvalue weighted by atomic mass is 9.39. The summed E-state index contributed by atoms with van der Waals surface area (Å²) in [5.74, 6) is -0.692. The second-order valence-electron chi connectivity index (χ2n) is 10.3. The van der Waals surface area contributed by atoms with E-state index in [-0.39, 0.29) is 41.7 Å². The highest BCUT2D eigenvalue weighted by molar-refractivity contribution is 5.92. The Morgan fingerprint density at radius 1 is 1.24 bits per heavy atom. The predicted molar refractivity (Wildman–Crippen MR) is 102 cm³/mol. The van der Waals surface area contributed by atoms with Gasteiger partial charge in [-0.15, -0.1) is 0 Å². The highest BCUT2D eigenvalue weighted by Gasteiger charge is 2.77. The molecule has 156 valence electrons. The zero-order chi connectivity index (χ0) is 20.9. The van der Waals surface area contributed by atoms with Gasteiger partial charge in [0.2, 0.25) is 0 Å². The number of Topliss-reactive ketones (excluding diaryl/α,β-unsaturated/α-hetero) is 2. The molecule has 0 amide bonds. The Labute approximate surface area is 170 Å². The molecular weight excluding hydrogens is 372 g/mol. The Kier molecular flexibility index (Phi) is 3.67. The Morgan fingerprint density at radius 3 is 2.66 bits per heavy atom. The number of aliphatic hydroxyl groups is 1. The van der Waals surface area contributed by atoms with Crippen LogP contribution in [0.25, 0.3) is 0 Å². The molecule has 1 heterocycles. The van der Waals surface area contributed by atoms with E-state index in [0.29, 0.717) is 19.3 Å². The van der Waals surface area contributed by atoms with Crippen LogP contribution >= 0.6 is 0 Å². The summed E-state index contributed by atoms with van der Waals surface area (Å²) < 4.78 is 11.5. The van der Waals surface area contributed by atoms with Crippen molar-refractivity contribution in [3.63, 3.8) is 0 Å². The number of ether oxygens (including phenoxy) is 1. The van der Waals surface area contributed by atoms with Gasteiger partial charge in [0.25, 0.3) is 0 Å². The SMILES string of the molecule is CC(=O)O[C@H]1[C@@H]2CC(=O)[C@@H]3c4ccoc4C[C@@H]([C@@H]23)[C@@]2(C)C(=O)CCC(C)(C)[C@]12O. The largest absolute Gasteiger partial charge is 0.469 e. The first-order valence-corrected chi connectivity index (χ1v) is 10.6. The molecule has 5 rings (SSSR count). The minimum Gasteiger partial charge on any atom is -0.469 e. The number of hydrogen-bond donors (Lipinski definition) is 1. The zero-order valence-electron chi connectivity index (χ0n) is 17.4. The number of rotatable bonds is 1. The fourth-order valence-corrected chi connectivity index (χ4v) is 7.52. The van der Waals surface area contributed by atoms with Crippen LogP contribution in [0.4, 0.5) is 0 Å². The third-order valence-corrected chi connectivity index (χ3v) is 8.86. The fourth-order valence-electron chi connectivity index (χ4n) is 7.52. The minimum atomic E-state index is -1.55. The molecule has 0 aliphatic heterocycles. The van der Waals surface area contributed by atoms with Crippen molar-refractivity contribution in [1.82, 2.24) is 0 Å². The first-order valence-electron chi connectivity index (χ1n) is 10.6. The van der Waals surface area contributed by atoms with Crippen molar-refractivity contribution in [1.29, 1.82) is 0 Å².